The van der Waals surface area contributed by atoms with Crippen molar-refractivity contribution >= 4 is 28.1 Å². The van der Waals surface area contributed by atoms with E-state index >= 15 is 0 Å². The summed E-state index contributed by atoms with van der Waals surface area (Å²) in [5.41, 5.74) is 5.54. The molecular formula is C22H22BrN5S. The van der Waals surface area contributed by atoms with Gasteiger partial charge in [0.1, 0.15) is 0 Å². The second kappa shape index (κ2) is 8.08. The standard InChI is InChI=1S/C22H22BrN5S/c1-14-20(23)16(3)27(26-14)13-17-9-11-19(12-10-17)21-24-25-22(29)28(21)15(2)18-7-5-4-6-8-18/h4-12,15H,13H2,1-3H3,(H,25,29)/t15-/m0/s1. The van der Waals surface area contributed by atoms with Crippen molar-refractivity contribution in [1.29, 1.82) is 0 Å². The van der Waals surface area contributed by atoms with Gasteiger partial charge in [0.25, 0.3) is 0 Å². The highest BCUT2D eigenvalue weighted by molar-refractivity contribution is 9.10. The third-order valence-electron chi connectivity index (χ3n) is 5.21. The Bertz CT molecular complexity index is 1190. The van der Waals surface area contributed by atoms with E-state index in [9.17, 15) is 0 Å². The monoisotopic (exact) mass is 467 g/mol. The van der Waals surface area contributed by atoms with Gasteiger partial charge < -0.3 is 0 Å². The average Bonchev–Trinajstić information content (AvgIpc) is 3.24. The Morgan fingerprint density at radius 2 is 1.76 bits per heavy atom. The van der Waals surface area contributed by atoms with Crippen LogP contribution < -0.4 is 0 Å². The summed E-state index contributed by atoms with van der Waals surface area (Å²) in [5, 5.41) is 12.0. The molecule has 29 heavy (non-hydrogen) atoms. The molecule has 0 aliphatic carbocycles. The number of nitrogens with one attached hydrogen (secondary N) is 1. The van der Waals surface area contributed by atoms with Crippen LogP contribution in [0.4, 0.5) is 0 Å². The molecule has 0 unspecified atom stereocenters. The number of nitrogens with zero attached hydrogens (tertiary/aromatic N) is 4. The maximum Gasteiger partial charge on any atom is 0.196 e. The first kappa shape index (κ1) is 19.8. The van der Waals surface area contributed by atoms with Gasteiger partial charge in [0, 0.05) is 5.56 Å². The number of H-pyrrole nitrogens is 1. The number of hydrogen-bond donors (Lipinski definition) is 1. The molecule has 0 aliphatic rings. The van der Waals surface area contributed by atoms with Gasteiger partial charge in [0.05, 0.1) is 28.4 Å². The molecule has 148 valence electrons. The van der Waals surface area contributed by atoms with E-state index in [0.29, 0.717) is 4.77 Å². The first-order valence-electron chi connectivity index (χ1n) is 9.46. The lowest BCUT2D eigenvalue weighted by atomic mass is 10.1. The van der Waals surface area contributed by atoms with Crippen molar-refractivity contribution in [3.63, 3.8) is 0 Å². The van der Waals surface area contributed by atoms with Gasteiger partial charge >= 0.3 is 0 Å². The lowest BCUT2D eigenvalue weighted by Gasteiger charge is -2.16. The molecule has 0 aliphatic heterocycles. The van der Waals surface area contributed by atoms with Crippen molar-refractivity contribution in [2.75, 3.05) is 0 Å². The van der Waals surface area contributed by atoms with Crippen LogP contribution in [0.5, 0.6) is 0 Å². The van der Waals surface area contributed by atoms with Crippen molar-refractivity contribution in [3.05, 3.63) is 86.4 Å². The topological polar surface area (TPSA) is 51.4 Å². The van der Waals surface area contributed by atoms with Crippen LogP contribution in [0, 0.1) is 18.6 Å². The Balaban J connectivity index is 1.63. The summed E-state index contributed by atoms with van der Waals surface area (Å²) in [4.78, 5) is 0. The zero-order valence-corrected chi connectivity index (χ0v) is 19.0. The second-order valence-corrected chi connectivity index (χ2v) is 8.33. The van der Waals surface area contributed by atoms with Crippen molar-refractivity contribution in [2.45, 2.75) is 33.4 Å². The van der Waals surface area contributed by atoms with Crippen LogP contribution in [0.2, 0.25) is 0 Å². The molecule has 0 saturated heterocycles. The van der Waals surface area contributed by atoms with Crippen molar-refractivity contribution < 1.29 is 0 Å². The quantitative estimate of drug-likeness (QED) is 0.375. The summed E-state index contributed by atoms with van der Waals surface area (Å²) in [7, 11) is 0. The zero-order chi connectivity index (χ0) is 20.5. The molecule has 0 spiro atoms. The summed E-state index contributed by atoms with van der Waals surface area (Å²) >= 11 is 9.11. The number of halogens is 1. The fourth-order valence-electron chi connectivity index (χ4n) is 3.51. The van der Waals surface area contributed by atoms with Crippen molar-refractivity contribution in [2.24, 2.45) is 0 Å². The van der Waals surface area contributed by atoms with Crippen LogP contribution in [0.15, 0.2) is 59.1 Å². The van der Waals surface area contributed by atoms with Crippen molar-refractivity contribution in [3.8, 4) is 11.4 Å². The van der Waals surface area contributed by atoms with Crippen LogP contribution in [0.3, 0.4) is 0 Å². The molecule has 2 heterocycles. The molecule has 0 radical (unpaired) electrons. The minimum atomic E-state index is 0.0872. The van der Waals surface area contributed by atoms with E-state index in [1.165, 1.54) is 11.1 Å². The van der Waals surface area contributed by atoms with Crippen LogP contribution in [-0.2, 0) is 6.54 Å². The number of rotatable bonds is 5. The Morgan fingerprint density at radius 3 is 2.38 bits per heavy atom. The summed E-state index contributed by atoms with van der Waals surface area (Å²) in [6, 6.07) is 18.8. The third-order valence-corrected chi connectivity index (χ3v) is 6.65. The van der Waals surface area contributed by atoms with Gasteiger partial charge in [-0.15, -0.1) is 0 Å². The van der Waals surface area contributed by atoms with E-state index in [1.54, 1.807) is 0 Å². The number of aromatic amines is 1. The first-order valence-corrected chi connectivity index (χ1v) is 10.7. The van der Waals surface area contributed by atoms with E-state index in [4.69, 9.17) is 12.2 Å². The molecule has 5 nitrogen and oxygen atoms in total. The largest absolute Gasteiger partial charge is 0.293 e. The maximum atomic E-state index is 5.52. The lowest BCUT2D eigenvalue weighted by molar-refractivity contribution is 0.635. The van der Waals surface area contributed by atoms with Crippen LogP contribution >= 0.6 is 28.1 Å². The molecule has 4 rings (SSSR count). The Morgan fingerprint density at radius 1 is 1.07 bits per heavy atom. The minimum absolute atomic E-state index is 0.0872. The average molecular weight is 468 g/mol. The lowest BCUT2D eigenvalue weighted by Crippen LogP contribution is -2.09. The highest BCUT2D eigenvalue weighted by Crippen LogP contribution is 2.26. The van der Waals surface area contributed by atoms with E-state index in [-0.39, 0.29) is 6.04 Å². The third kappa shape index (κ3) is 3.84. The van der Waals surface area contributed by atoms with Gasteiger partial charge in [0.15, 0.2) is 10.6 Å². The fraction of sp³-hybridized carbons (Fsp3) is 0.227. The molecule has 0 bridgehead atoms. The summed E-state index contributed by atoms with van der Waals surface area (Å²) in [5.74, 6) is 0.840. The van der Waals surface area contributed by atoms with E-state index in [2.05, 4.69) is 86.0 Å². The molecule has 2 aromatic heterocycles. The van der Waals surface area contributed by atoms with Gasteiger partial charge in [0.2, 0.25) is 0 Å². The van der Waals surface area contributed by atoms with E-state index in [1.807, 2.05) is 29.8 Å². The predicted molar refractivity (Wildman–Crippen MR) is 122 cm³/mol. The van der Waals surface area contributed by atoms with Gasteiger partial charge in [-0.05, 0) is 60.0 Å². The Hall–Kier alpha value is -2.51. The number of benzene rings is 2. The van der Waals surface area contributed by atoms with Crippen LogP contribution in [0.1, 0.15) is 35.5 Å². The summed E-state index contributed by atoms with van der Waals surface area (Å²) in [6.45, 7) is 6.94. The molecule has 0 fully saturated rings. The molecule has 0 amide bonds. The molecule has 4 aromatic rings. The van der Waals surface area contributed by atoms with Gasteiger partial charge in [-0.2, -0.15) is 10.2 Å². The van der Waals surface area contributed by atoms with Gasteiger partial charge in [-0.3, -0.25) is 14.3 Å². The molecule has 2 aromatic carbocycles. The number of aryl methyl sites for hydroxylation is 1. The second-order valence-electron chi connectivity index (χ2n) is 7.15. The highest BCUT2D eigenvalue weighted by atomic mass is 79.9. The number of aromatic nitrogens is 5. The van der Waals surface area contributed by atoms with Crippen LogP contribution in [-0.4, -0.2) is 24.5 Å². The minimum Gasteiger partial charge on any atom is -0.293 e. The normalized spacial score (nSPS) is 12.3. The molecular weight excluding hydrogens is 446 g/mol. The number of hydrogen-bond acceptors (Lipinski definition) is 3. The SMILES string of the molecule is Cc1nn(Cc2ccc(-c3n[nH]c(=S)n3[C@@H](C)c3ccccc3)cc2)c(C)c1Br. The Kier molecular flexibility index (Phi) is 5.52. The fourth-order valence-corrected chi connectivity index (χ4v) is 4.08. The zero-order valence-electron chi connectivity index (χ0n) is 16.6. The van der Waals surface area contributed by atoms with Crippen molar-refractivity contribution in [1.82, 2.24) is 24.5 Å². The van der Waals surface area contributed by atoms with E-state index in [0.717, 1.165) is 33.8 Å². The van der Waals surface area contributed by atoms with Crippen LogP contribution in [0.25, 0.3) is 11.4 Å². The molecule has 1 N–H and O–H groups in total. The van der Waals surface area contributed by atoms with Gasteiger partial charge in [-0.1, -0.05) is 54.6 Å². The first-order chi connectivity index (χ1) is 14.0. The Labute approximate surface area is 183 Å². The van der Waals surface area contributed by atoms with Gasteiger partial charge in [-0.25, -0.2) is 0 Å². The summed E-state index contributed by atoms with van der Waals surface area (Å²) < 4.78 is 5.77. The predicted octanol–water partition coefficient (Wildman–Crippen LogP) is 5.84. The molecule has 0 saturated carbocycles. The maximum absolute atomic E-state index is 5.52. The van der Waals surface area contributed by atoms with E-state index < -0.39 is 0 Å². The highest BCUT2D eigenvalue weighted by Gasteiger charge is 2.16. The molecule has 1 atom stereocenters. The molecule has 7 heteroatoms. The smallest absolute Gasteiger partial charge is 0.196 e. The summed E-state index contributed by atoms with van der Waals surface area (Å²) in [6.07, 6.45) is 0.